The summed E-state index contributed by atoms with van der Waals surface area (Å²) in [6.45, 7) is 3.28. The largest absolute Gasteiger partial charge is 0.381 e. The maximum atomic E-state index is 5.87. The fraction of sp³-hybridized carbons (Fsp3) is 0.333. The van der Waals surface area contributed by atoms with Gasteiger partial charge in [-0.15, -0.1) is 0 Å². The fourth-order valence-electron chi connectivity index (χ4n) is 2.20. The summed E-state index contributed by atoms with van der Waals surface area (Å²) < 4.78 is 0. The standard InChI is InChI=1S/C15H21ClN6/c1-9-4-2-3-5-11(9)6-10(7-17)8-20-15-14(19)22-13(18)12(16)21-15/h2-5,10H,6-8,17H2,1H3,(H,20,21)(H4,18,19,22). The van der Waals surface area contributed by atoms with E-state index < -0.39 is 0 Å². The second-order valence-electron chi connectivity index (χ2n) is 5.25. The summed E-state index contributed by atoms with van der Waals surface area (Å²) in [5.74, 6) is 1.04. The minimum atomic E-state index is 0.125. The smallest absolute Gasteiger partial charge is 0.173 e. The van der Waals surface area contributed by atoms with Crippen molar-refractivity contribution in [3.63, 3.8) is 0 Å². The number of anilines is 3. The Kier molecular flexibility index (Phi) is 5.41. The highest BCUT2D eigenvalue weighted by Crippen LogP contribution is 2.21. The molecule has 1 aromatic carbocycles. The van der Waals surface area contributed by atoms with E-state index in [1.54, 1.807) is 0 Å². The topological polar surface area (TPSA) is 116 Å². The summed E-state index contributed by atoms with van der Waals surface area (Å²) in [7, 11) is 0. The van der Waals surface area contributed by atoms with E-state index in [-0.39, 0.29) is 22.7 Å². The third kappa shape index (κ3) is 3.99. The molecular weight excluding hydrogens is 300 g/mol. The van der Waals surface area contributed by atoms with Crippen LogP contribution in [0.4, 0.5) is 17.5 Å². The zero-order valence-electron chi connectivity index (χ0n) is 12.5. The van der Waals surface area contributed by atoms with Crippen molar-refractivity contribution in [2.24, 2.45) is 11.7 Å². The number of hydrogen-bond donors (Lipinski definition) is 4. The lowest BCUT2D eigenvalue weighted by Crippen LogP contribution is -2.26. The minimum absolute atomic E-state index is 0.125. The summed E-state index contributed by atoms with van der Waals surface area (Å²) in [5.41, 5.74) is 19.8. The molecule has 118 valence electrons. The highest BCUT2D eigenvalue weighted by atomic mass is 35.5. The van der Waals surface area contributed by atoms with Crippen LogP contribution in [0, 0.1) is 12.8 Å². The monoisotopic (exact) mass is 320 g/mol. The van der Waals surface area contributed by atoms with Crippen LogP contribution >= 0.6 is 11.6 Å². The molecular formula is C15H21ClN6. The van der Waals surface area contributed by atoms with Gasteiger partial charge in [0.05, 0.1) is 0 Å². The first-order chi connectivity index (χ1) is 10.5. The van der Waals surface area contributed by atoms with Crippen molar-refractivity contribution in [2.45, 2.75) is 13.3 Å². The van der Waals surface area contributed by atoms with Crippen molar-refractivity contribution in [3.8, 4) is 0 Å². The van der Waals surface area contributed by atoms with E-state index >= 15 is 0 Å². The van der Waals surface area contributed by atoms with Gasteiger partial charge < -0.3 is 22.5 Å². The number of aromatic nitrogens is 2. The average molecular weight is 321 g/mol. The van der Waals surface area contributed by atoms with Crippen molar-refractivity contribution >= 4 is 29.1 Å². The van der Waals surface area contributed by atoms with Crippen LogP contribution in [0.15, 0.2) is 24.3 Å². The molecule has 0 aliphatic heterocycles. The molecule has 0 spiro atoms. The lowest BCUT2D eigenvalue weighted by atomic mass is 9.96. The van der Waals surface area contributed by atoms with E-state index in [0.717, 1.165) is 6.42 Å². The van der Waals surface area contributed by atoms with Crippen LogP contribution in [-0.2, 0) is 6.42 Å². The van der Waals surface area contributed by atoms with Gasteiger partial charge in [0.1, 0.15) is 0 Å². The van der Waals surface area contributed by atoms with E-state index in [1.807, 2.05) is 12.1 Å². The minimum Gasteiger partial charge on any atom is -0.381 e. The molecule has 1 atom stereocenters. The number of aryl methyl sites for hydroxylation is 1. The van der Waals surface area contributed by atoms with E-state index in [0.29, 0.717) is 18.9 Å². The maximum Gasteiger partial charge on any atom is 0.173 e. The molecule has 0 radical (unpaired) electrons. The number of rotatable bonds is 6. The Balaban J connectivity index is 2.03. The molecule has 0 saturated carbocycles. The van der Waals surface area contributed by atoms with Gasteiger partial charge in [0.2, 0.25) is 0 Å². The molecule has 1 aromatic heterocycles. The summed E-state index contributed by atoms with van der Waals surface area (Å²) >= 11 is 5.87. The Morgan fingerprint density at radius 3 is 2.59 bits per heavy atom. The lowest BCUT2D eigenvalue weighted by Gasteiger charge is -2.18. The van der Waals surface area contributed by atoms with E-state index in [4.69, 9.17) is 28.8 Å². The van der Waals surface area contributed by atoms with E-state index in [1.165, 1.54) is 11.1 Å². The summed E-state index contributed by atoms with van der Waals surface area (Å²) in [6.07, 6.45) is 0.881. The van der Waals surface area contributed by atoms with Crippen molar-refractivity contribution < 1.29 is 0 Å². The van der Waals surface area contributed by atoms with Gasteiger partial charge in [0.25, 0.3) is 0 Å². The summed E-state index contributed by atoms with van der Waals surface area (Å²) in [5, 5.41) is 3.29. The Labute approximate surface area is 135 Å². The summed E-state index contributed by atoms with van der Waals surface area (Å²) in [6, 6.07) is 8.28. The molecule has 2 rings (SSSR count). The maximum absolute atomic E-state index is 5.87. The lowest BCUT2D eigenvalue weighted by molar-refractivity contribution is 0.562. The van der Waals surface area contributed by atoms with Crippen LogP contribution in [0.25, 0.3) is 0 Å². The Morgan fingerprint density at radius 1 is 1.18 bits per heavy atom. The van der Waals surface area contributed by atoms with Gasteiger partial charge in [-0.25, -0.2) is 9.97 Å². The SMILES string of the molecule is Cc1ccccc1CC(CN)CNc1nc(Cl)c(N)nc1N. The van der Waals surface area contributed by atoms with Crippen LogP contribution in [-0.4, -0.2) is 23.1 Å². The highest BCUT2D eigenvalue weighted by Gasteiger charge is 2.12. The van der Waals surface area contributed by atoms with Crippen molar-refractivity contribution in [3.05, 3.63) is 40.5 Å². The normalized spacial score (nSPS) is 12.1. The van der Waals surface area contributed by atoms with E-state index in [9.17, 15) is 0 Å². The molecule has 7 heteroatoms. The number of nitrogens with zero attached hydrogens (tertiary/aromatic N) is 2. The van der Waals surface area contributed by atoms with Gasteiger partial charge in [-0.2, -0.15) is 0 Å². The first kappa shape index (κ1) is 16.3. The van der Waals surface area contributed by atoms with Crippen LogP contribution in [0.3, 0.4) is 0 Å². The average Bonchev–Trinajstić information content (AvgIpc) is 2.50. The first-order valence-electron chi connectivity index (χ1n) is 7.08. The van der Waals surface area contributed by atoms with E-state index in [2.05, 4.69) is 34.3 Å². The van der Waals surface area contributed by atoms with Crippen LogP contribution < -0.4 is 22.5 Å². The number of nitrogen functional groups attached to an aromatic ring is 2. The number of nitrogens with two attached hydrogens (primary N) is 3. The zero-order valence-corrected chi connectivity index (χ0v) is 13.3. The molecule has 0 amide bonds. The number of halogens is 1. The van der Waals surface area contributed by atoms with Gasteiger partial charge in [-0.05, 0) is 36.9 Å². The molecule has 1 heterocycles. The second kappa shape index (κ2) is 7.29. The first-order valence-corrected chi connectivity index (χ1v) is 7.46. The number of benzene rings is 1. The van der Waals surface area contributed by atoms with Gasteiger partial charge >= 0.3 is 0 Å². The van der Waals surface area contributed by atoms with Crippen molar-refractivity contribution in [1.82, 2.24) is 9.97 Å². The zero-order chi connectivity index (χ0) is 16.1. The predicted molar refractivity (Wildman–Crippen MR) is 91.8 cm³/mol. The van der Waals surface area contributed by atoms with Crippen LogP contribution in [0.5, 0.6) is 0 Å². The quantitative estimate of drug-likeness (QED) is 0.645. The molecule has 1 unspecified atom stereocenters. The molecule has 22 heavy (non-hydrogen) atoms. The molecule has 0 aliphatic rings. The highest BCUT2D eigenvalue weighted by molar-refractivity contribution is 6.31. The molecule has 6 nitrogen and oxygen atoms in total. The Bertz CT molecular complexity index is 646. The fourth-order valence-corrected chi connectivity index (χ4v) is 2.33. The van der Waals surface area contributed by atoms with Crippen molar-refractivity contribution in [2.75, 3.05) is 29.9 Å². The number of nitrogens with one attached hydrogen (secondary N) is 1. The number of hydrogen-bond acceptors (Lipinski definition) is 6. The van der Waals surface area contributed by atoms with Crippen molar-refractivity contribution in [1.29, 1.82) is 0 Å². The molecule has 0 fully saturated rings. The van der Waals surface area contributed by atoms with Gasteiger partial charge in [0.15, 0.2) is 22.6 Å². The molecule has 0 bridgehead atoms. The van der Waals surface area contributed by atoms with Gasteiger partial charge in [-0.3, -0.25) is 0 Å². The molecule has 2 aromatic rings. The third-order valence-electron chi connectivity index (χ3n) is 3.57. The van der Waals surface area contributed by atoms with Crippen LogP contribution in [0.2, 0.25) is 5.15 Å². The second-order valence-corrected chi connectivity index (χ2v) is 5.60. The van der Waals surface area contributed by atoms with Gasteiger partial charge in [0, 0.05) is 6.54 Å². The van der Waals surface area contributed by atoms with Crippen LogP contribution in [0.1, 0.15) is 11.1 Å². The Hall–Kier alpha value is -2.05. The van der Waals surface area contributed by atoms with Gasteiger partial charge in [-0.1, -0.05) is 35.9 Å². The Morgan fingerprint density at radius 2 is 1.91 bits per heavy atom. The molecule has 7 N–H and O–H groups in total. The third-order valence-corrected chi connectivity index (χ3v) is 3.84. The predicted octanol–water partition coefficient (Wildman–Crippen LogP) is 1.83. The molecule has 0 saturated heterocycles. The molecule has 0 aliphatic carbocycles. The summed E-state index contributed by atoms with van der Waals surface area (Å²) in [4.78, 5) is 8.05.